The maximum atomic E-state index is 12.2. The highest BCUT2D eigenvalue weighted by molar-refractivity contribution is 5.93. The molecule has 0 aromatic carbocycles. The van der Waals surface area contributed by atoms with E-state index in [0.29, 0.717) is 11.4 Å². The maximum absolute atomic E-state index is 12.2. The highest BCUT2D eigenvalue weighted by Crippen LogP contribution is 2.25. The van der Waals surface area contributed by atoms with Gasteiger partial charge in [-0.25, -0.2) is 0 Å². The summed E-state index contributed by atoms with van der Waals surface area (Å²) in [7, 11) is 0. The Bertz CT molecular complexity index is 445. The number of carbonyl (C=O) groups is 1. The van der Waals surface area contributed by atoms with Gasteiger partial charge in [-0.05, 0) is 32.3 Å². The molecule has 0 saturated heterocycles. The van der Waals surface area contributed by atoms with Gasteiger partial charge in [0.1, 0.15) is 5.69 Å². The molecule has 1 heterocycles. The second kappa shape index (κ2) is 6.82. The lowest BCUT2D eigenvalue weighted by Crippen LogP contribution is -2.28. The Morgan fingerprint density at radius 2 is 2.10 bits per heavy atom. The molecule has 2 rings (SSSR count). The van der Waals surface area contributed by atoms with Gasteiger partial charge in [0.15, 0.2) is 0 Å². The normalized spacial score (nSPS) is 16.6. The van der Waals surface area contributed by atoms with E-state index in [1.54, 1.807) is 6.07 Å². The smallest absolute Gasteiger partial charge is 0.267 e. The number of nitrogens with one attached hydrogen (secondary N) is 1. The van der Waals surface area contributed by atoms with Crippen molar-refractivity contribution in [1.29, 1.82) is 0 Å². The maximum Gasteiger partial charge on any atom is 0.267 e. The molecule has 1 fully saturated rings. The summed E-state index contributed by atoms with van der Waals surface area (Å²) < 4.78 is 1.94. The standard InChI is InChI=1S/C16H27N3O/c1-12(2)19-11-14(17)10-15(19)16(20)18-9-8-13-6-4-3-5-7-13/h10-13H,3-9,17H2,1-2H3,(H,18,20). The molecule has 112 valence electrons. The number of rotatable bonds is 5. The van der Waals surface area contributed by atoms with Crippen molar-refractivity contribution in [2.24, 2.45) is 5.92 Å². The number of anilines is 1. The number of amides is 1. The molecule has 4 heteroatoms. The summed E-state index contributed by atoms with van der Waals surface area (Å²) in [4.78, 5) is 12.2. The number of hydrogen-bond acceptors (Lipinski definition) is 2. The fourth-order valence-corrected chi connectivity index (χ4v) is 3.07. The van der Waals surface area contributed by atoms with Crippen molar-refractivity contribution < 1.29 is 4.79 Å². The quantitative estimate of drug-likeness (QED) is 0.867. The number of nitrogens with zero attached hydrogens (tertiary/aromatic N) is 1. The van der Waals surface area contributed by atoms with Crippen LogP contribution in [0.15, 0.2) is 12.3 Å². The Hall–Kier alpha value is -1.45. The van der Waals surface area contributed by atoms with Crippen molar-refractivity contribution in [3.8, 4) is 0 Å². The Labute approximate surface area is 121 Å². The molecule has 3 N–H and O–H groups in total. The van der Waals surface area contributed by atoms with E-state index in [2.05, 4.69) is 19.2 Å². The van der Waals surface area contributed by atoms with Gasteiger partial charge < -0.3 is 15.6 Å². The average Bonchev–Trinajstić information content (AvgIpc) is 2.82. The van der Waals surface area contributed by atoms with Crippen LogP contribution in [0, 0.1) is 5.92 Å². The predicted molar refractivity (Wildman–Crippen MR) is 82.8 cm³/mol. The molecule has 1 aromatic heterocycles. The molecule has 0 aliphatic heterocycles. The lowest BCUT2D eigenvalue weighted by Gasteiger charge is -2.21. The van der Waals surface area contributed by atoms with Gasteiger partial charge in [-0.15, -0.1) is 0 Å². The van der Waals surface area contributed by atoms with E-state index >= 15 is 0 Å². The molecule has 0 bridgehead atoms. The summed E-state index contributed by atoms with van der Waals surface area (Å²) in [5.41, 5.74) is 7.12. The van der Waals surface area contributed by atoms with Gasteiger partial charge >= 0.3 is 0 Å². The first-order chi connectivity index (χ1) is 9.58. The molecule has 1 aromatic rings. The molecule has 0 unspecified atom stereocenters. The highest BCUT2D eigenvalue weighted by Gasteiger charge is 2.16. The summed E-state index contributed by atoms with van der Waals surface area (Å²) in [5, 5.41) is 3.04. The van der Waals surface area contributed by atoms with Crippen LogP contribution in [0.2, 0.25) is 0 Å². The number of carbonyl (C=O) groups excluding carboxylic acids is 1. The minimum atomic E-state index is -0.00814. The molecular formula is C16H27N3O. The van der Waals surface area contributed by atoms with Gasteiger partial charge in [0, 0.05) is 18.8 Å². The Morgan fingerprint density at radius 1 is 1.40 bits per heavy atom. The molecule has 4 nitrogen and oxygen atoms in total. The van der Waals surface area contributed by atoms with Crippen LogP contribution in [0.5, 0.6) is 0 Å². The van der Waals surface area contributed by atoms with E-state index in [4.69, 9.17) is 5.73 Å². The first-order valence-corrected chi connectivity index (χ1v) is 7.83. The minimum absolute atomic E-state index is 0.00814. The summed E-state index contributed by atoms with van der Waals surface area (Å²) in [6, 6.07) is 2.00. The predicted octanol–water partition coefficient (Wildman–Crippen LogP) is 3.35. The van der Waals surface area contributed by atoms with E-state index < -0.39 is 0 Å². The third-order valence-corrected chi connectivity index (χ3v) is 4.22. The number of nitrogen functional groups attached to an aromatic ring is 1. The van der Waals surface area contributed by atoms with Crippen LogP contribution < -0.4 is 11.1 Å². The number of nitrogens with two attached hydrogens (primary N) is 1. The third-order valence-electron chi connectivity index (χ3n) is 4.22. The molecule has 1 saturated carbocycles. The first kappa shape index (κ1) is 14.9. The van der Waals surface area contributed by atoms with Crippen molar-refractivity contribution in [3.63, 3.8) is 0 Å². The molecule has 0 radical (unpaired) electrons. The monoisotopic (exact) mass is 277 g/mol. The van der Waals surface area contributed by atoms with E-state index in [1.165, 1.54) is 32.1 Å². The zero-order valence-corrected chi connectivity index (χ0v) is 12.7. The molecule has 1 amide bonds. The highest BCUT2D eigenvalue weighted by atomic mass is 16.1. The van der Waals surface area contributed by atoms with Crippen molar-refractivity contribution in [3.05, 3.63) is 18.0 Å². The summed E-state index contributed by atoms with van der Waals surface area (Å²) >= 11 is 0. The van der Waals surface area contributed by atoms with E-state index in [0.717, 1.165) is 18.9 Å². The van der Waals surface area contributed by atoms with Crippen LogP contribution in [0.4, 0.5) is 5.69 Å². The fourth-order valence-electron chi connectivity index (χ4n) is 3.07. The van der Waals surface area contributed by atoms with Crippen LogP contribution >= 0.6 is 0 Å². The second-order valence-corrected chi connectivity index (χ2v) is 6.21. The molecule has 1 aliphatic rings. The van der Waals surface area contributed by atoms with E-state index in [1.807, 2.05) is 10.8 Å². The van der Waals surface area contributed by atoms with Gasteiger partial charge in [-0.2, -0.15) is 0 Å². The first-order valence-electron chi connectivity index (χ1n) is 7.83. The topological polar surface area (TPSA) is 60.0 Å². The van der Waals surface area contributed by atoms with Crippen molar-refractivity contribution in [1.82, 2.24) is 9.88 Å². The zero-order chi connectivity index (χ0) is 14.5. The fraction of sp³-hybridized carbons (Fsp3) is 0.688. The largest absolute Gasteiger partial charge is 0.397 e. The van der Waals surface area contributed by atoms with Crippen molar-refractivity contribution in [2.75, 3.05) is 12.3 Å². The van der Waals surface area contributed by atoms with E-state index in [-0.39, 0.29) is 11.9 Å². The Morgan fingerprint density at radius 3 is 2.75 bits per heavy atom. The molecule has 0 atom stereocenters. The Balaban J connectivity index is 1.85. The Kier molecular flexibility index (Phi) is 5.10. The van der Waals surface area contributed by atoms with Gasteiger partial charge in [0.25, 0.3) is 5.91 Å². The number of hydrogen-bond donors (Lipinski definition) is 2. The molecular weight excluding hydrogens is 250 g/mol. The SMILES string of the molecule is CC(C)n1cc(N)cc1C(=O)NCCC1CCCCC1. The van der Waals surface area contributed by atoms with Crippen LogP contribution in [-0.2, 0) is 0 Å². The van der Waals surface area contributed by atoms with Gasteiger partial charge in [0.05, 0.1) is 5.69 Å². The second-order valence-electron chi connectivity index (χ2n) is 6.21. The van der Waals surface area contributed by atoms with Crippen LogP contribution in [0.25, 0.3) is 0 Å². The summed E-state index contributed by atoms with van der Waals surface area (Å²) in [6.07, 6.45) is 9.67. The van der Waals surface area contributed by atoms with Gasteiger partial charge in [-0.1, -0.05) is 32.1 Å². The average molecular weight is 277 g/mol. The third kappa shape index (κ3) is 3.78. The van der Waals surface area contributed by atoms with E-state index in [9.17, 15) is 4.79 Å². The van der Waals surface area contributed by atoms with Crippen LogP contribution in [0.3, 0.4) is 0 Å². The lowest BCUT2D eigenvalue weighted by atomic mass is 9.87. The van der Waals surface area contributed by atoms with Crippen molar-refractivity contribution >= 4 is 11.6 Å². The molecule has 1 aliphatic carbocycles. The summed E-state index contributed by atoms with van der Waals surface area (Å²) in [6.45, 7) is 4.88. The van der Waals surface area contributed by atoms with Crippen molar-refractivity contribution in [2.45, 2.75) is 58.4 Å². The van der Waals surface area contributed by atoms with Crippen LogP contribution in [0.1, 0.15) is 68.9 Å². The number of aromatic nitrogens is 1. The minimum Gasteiger partial charge on any atom is -0.397 e. The summed E-state index contributed by atoms with van der Waals surface area (Å²) in [5.74, 6) is 0.789. The lowest BCUT2D eigenvalue weighted by molar-refractivity contribution is 0.0939. The van der Waals surface area contributed by atoms with Gasteiger partial charge in [0.2, 0.25) is 0 Å². The van der Waals surface area contributed by atoms with Crippen LogP contribution in [-0.4, -0.2) is 17.0 Å². The zero-order valence-electron chi connectivity index (χ0n) is 12.7. The van der Waals surface area contributed by atoms with Gasteiger partial charge in [-0.3, -0.25) is 4.79 Å². The molecule has 0 spiro atoms. The molecule has 20 heavy (non-hydrogen) atoms.